The van der Waals surface area contributed by atoms with Crippen LogP contribution in [0.4, 0.5) is 5.69 Å². The zero-order valence-corrected chi connectivity index (χ0v) is 22.4. The Hall–Kier alpha value is -4.15. The van der Waals surface area contributed by atoms with Crippen molar-refractivity contribution in [2.45, 2.75) is 13.0 Å². The summed E-state index contributed by atoms with van der Waals surface area (Å²) in [7, 11) is 6.17. The molecule has 2 atom stereocenters. The van der Waals surface area contributed by atoms with Gasteiger partial charge in [-0.3, -0.25) is 14.9 Å². The molecule has 0 radical (unpaired) electrons. The summed E-state index contributed by atoms with van der Waals surface area (Å²) in [5, 5.41) is 2.84. The summed E-state index contributed by atoms with van der Waals surface area (Å²) in [6.07, 6.45) is 0. The number of amides is 1. The Bertz CT molecular complexity index is 1150. The Balaban J connectivity index is 1.63. The Labute approximate surface area is 222 Å². The molecule has 4 rings (SSSR count). The van der Waals surface area contributed by atoms with E-state index in [4.69, 9.17) is 28.7 Å². The molecule has 1 amide bonds. The lowest BCUT2D eigenvalue weighted by molar-refractivity contribution is -0.153. The number of carbonyl (C=O) groups is 2. The van der Waals surface area contributed by atoms with Crippen molar-refractivity contribution >= 4 is 23.5 Å². The van der Waals surface area contributed by atoms with E-state index in [-0.39, 0.29) is 6.61 Å². The second-order valence-electron chi connectivity index (χ2n) is 8.75. The maximum Gasteiger partial charge on any atom is 0.321 e. The minimum absolute atomic E-state index is 0.147. The Kier molecular flexibility index (Phi) is 8.45. The number of anilines is 1. The van der Waals surface area contributed by atoms with Gasteiger partial charge < -0.3 is 33.5 Å². The van der Waals surface area contributed by atoms with E-state index in [0.717, 1.165) is 24.5 Å². The molecular formula is C27H34N4O7. The smallest absolute Gasteiger partial charge is 0.321 e. The summed E-state index contributed by atoms with van der Waals surface area (Å²) in [6, 6.07) is 10.5. The van der Waals surface area contributed by atoms with Crippen LogP contribution in [0.15, 0.2) is 41.4 Å². The van der Waals surface area contributed by atoms with Gasteiger partial charge in [0, 0.05) is 31.9 Å². The fourth-order valence-electron chi connectivity index (χ4n) is 4.71. The minimum Gasteiger partial charge on any atom is -0.497 e. The quantitative estimate of drug-likeness (QED) is 0.409. The Morgan fingerprint density at radius 2 is 1.53 bits per heavy atom. The van der Waals surface area contributed by atoms with Crippen molar-refractivity contribution < 1.29 is 33.3 Å². The number of carbonyl (C=O) groups excluding carboxylic acids is 2. The minimum atomic E-state index is -1.16. The zero-order chi connectivity index (χ0) is 27.2. The van der Waals surface area contributed by atoms with Gasteiger partial charge in [0.1, 0.15) is 11.8 Å². The molecule has 2 aromatic rings. The molecule has 2 aromatic carbocycles. The van der Waals surface area contributed by atoms with Gasteiger partial charge in [-0.25, -0.2) is 4.99 Å². The molecule has 1 saturated heterocycles. The van der Waals surface area contributed by atoms with Gasteiger partial charge in [-0.2, -0.15) is 0 Å². The van der Waals surface area contributed by atoms with E-state index in [9.17, 15) is 9.59 Å². The topological polar surface area (TPSA) is 111 Å². The molecule has 0 aromatic heterocycles. The van der Waals surface area contributed by atoms with Crippen molar-refractivity contribution in [2.75, 3.05) is 66.1 Å². The van der Waals surface area contributed by atoms with E-state index in [1.807, 2.05) is 29.2 Å². The van der Waals surface area contributed by atoms with E-state index < -0.39 is 23.8 Å². The third-order valence-corrected chi connectivity index (χ3v) is 6.68. The standard InChI is InChI=1S/C27H34N4O7/c1-6-38-26(33)22-23(17-15-20(35-3)24(37-5)21(16-17)36-4)28-27(29-25(22)32)31-13-11-30(12-14-31)18-7-9-19(34-2)10-8-18/h7-10,15-16,22-23H,6,11-14H2,1-5H3,(H,28,29,32)/t22-,23-/m1/s1. The molecule has 11 nitrogen and oxygen atoms in total. The highest BCUT2D eigenvalue weighted by Gasteiger charge is 2.43. The highest BCUT2D eigenvalue weighted by Crippen LogP contribution is 2.42. The van der Waals surface area contributed by atoms with Gasteiger partial charge in [0.15, 0.2) is 17.4 Å². The normalized spacial score (nSPS) is 19.3. The third-order valence-electron chi connectivity index (χ3n) is 6.68. The number of esters is 1. The highest BCUT2D eigenvalue weighted by molar-refractivity contribution is 6.08. The summed E-state index contributed by atoms with van der Waals surface area (Å²) < 4.78 is 26.9. The number of nitrogens with one attached hydrogen (secondary N) is 1. The molecule has 204 valence electrons. The fourth-order valence-corrected chi connectivity index (χ4v) is 4.71. The number of piperazine rings is 1. The molecule has 38 heavy (non-hydrogen) atoms. The number of benzene rings is 2. The van der Waals surface area contributed by atoms with E-state index >= 15 is 0 Å². The van der Waals surface area contributed by atoms with Gasteiger partial charge in [0.2, 0.25) is 17.6 Å². The lowest BCUT2D eigenvalue weighted by Crippen LogP contribution is -2.57. The predicted molar refractivity (Wildman–Crippen MR) is 141 cm³/mol. The van der Waals surface area contributed by atoms with Crippen LogP contribution in [-0.4, -0.2) is 84.0 Å². The van der Waals surface area contributed by atoms with Gasteiger partial charge in [0.05, 0.1) is 35.0 Å². The van der Waals surface area contributed by atoms with E-state index in [0.29, 0.717) is 41.9 Å². The number of hydrogen-bond acceptors (Lipinski definition) is 10. The van der Waals surface area contributed by atoms with Crippen molar-refractivity contribution in [2.24, 2.45) is 10.9 Å². The van der Waals surface area contributed by atoms with E-state index in [2.05, 4.69) is 10.2 Å². The summed E-state index contributed by atoms with van der Waals surface area (Å²) in [5.41, 5.74) is 1.67. The Morgan fingerprint density at radius 3 is 2.05 bits per heavy atom. The second-order valence-corrected chi connectivity index (χ2v) is 8.75. The van der Waals surface area contributed by atoms with E-state index in [1.165, 1.54) is 21.3 Å². The van der Waals surface area contributed by atoms with Crippen LogP contribution < -0.4 is 29.2 Å². The summed E-state index contributed by atoms with van der Waals surface area (Å²) in [5.74, 6) is 0.165. The zero-order valence-electron chi connectivity index (χ0n) is 22.4. The van der Waals surface area contributed by atoms with Crippen molar-refractivity contribution in [3.8, 4) is 23.0 Å². The number of nitrogens with zero attached hydrogens (tertiary/aromatic N) is 3. The number of aliphatic imine (C=N–C) groups is 1. The first-order valence-electron chi connectivity index (χ1n) is 12.4. The summed E-state index contributed by atoms with van der Waals surface area (Å²) >= 11 is 0. The van der Waals surface area contributed by atoms with Gasteiger partial charge in [-0.15, -0.1) is 0 Å². The van der Waals surface area contributed by atoms with Crippen LogP contribution in [0.5, 0.6) is 23.0 Å². The van der Waals surface area contributed by atoms with Gasteiger partial charge >= 0.3 is 5.97 Å². The lowest BCUT2D eigenvalue weighted by atomic mass is 9.90. The maximum absolute atomic E-state index is 13.3. The average Bonchev–Trinajstić information content (AvgIpc) is 2.96. The van der Waals surface area contributed by atoms with Crippen LogP contribution in [0.25, 0.3) is 0 Å². The second kappa shape index (κ2) is 11.9. The molecule has 2 aliphatic heterocycles. The molecule has 0 aliphatic carbocycles. The van der Waals surface area contributed by atoms with E-state index in [1.54, 1.807) is 26.2 Å². The first-order chi connectivity index (χ1) is 18.4. The molecule has 1 fully saturated rings. The van der Waals surface area contributed by atoms with Crippen molar-refractivity contribution in [1.82, 2.24) is 10.2 Å². The van der Waals surface area contributed by atoms with Gasteiger partial charge in [-0.1, -0.05) is 0 Å². The van der Waals surface area contributed by atoms with Gasteiger partial charge in [0.25, 0.3) is 0 Å². The van der Waals surface area contributed by atoms with Gasteiger partial charge in [-0.05, 0) is 48.9 Å². The first kappa shape index (κ1) is 26.9. The van der Waals surface area contributed by atoms with Crippen molar-refractivity contribution in [1.29, 1.82) is 0 Å². The van der Waals surface area contributed by atoms with Crippen LogP contribution >= 0.6 is 0 Å². The molecule has 0 bridgehead atoms. The molecular weight excluding hydrogens is 492 g/mol. The first-order valence-corrected chi connectivity index (χ1v) is 12.4. The number of methoxy groups -OCH3 is 4. The number of rotatable bonds is 8. The molecule has 0 unspecified atom stereocenters. The number of hydrogen-bond donors (Lipinski definition) is 1. The number of guanidine groups is 1. The summed E-state index contributed by atoms with van der Waals surface area (Å²) in [4.78, 5) is 35.3. The van der Waals surface area contributed by atoms with Crippen LogP contribution in [0.1, 0.15) is 18.5 Å². The lowest BCUT2D eigenvalue weighted by Gasteiger charge is -2.39. The largest absolute Gasteiger partial charge is 0.497 e. The fraction of sp³-hybridized carbons (Fsp3) is 0.444. The molecule has 1 N–H and O–H groups in total. The third kappa shape index (κ3) is 5.41. The van der Waals surface area contributed by atoms with Crippen LogP contribution in [0.2, 0.25) is 0 Å². The summed E-state index contributed by atoms with van der Waals surface area (Å²) in [6.45, 7) is 4.58. The molecule has 2 aliphatic rings. The van der Waals surface area contributed by atoms with Crippen LogP contribution in [0.3, 0.4) is 0 Å². The molecule has 11 heteroatoms. The maximum atomic E-state index is 13.3. The monoisotopic (exact) mass is 526 g/mol. The SMILES string of the molecule is CCOC(=O)[C@H]1C(=O)NC(N2CCN(c3ccc(OC)cc3)CC2)=N[C@@H]1c1cc(OC)c(OC)c(OC)c1. The molecule has 0 spiro atoms. The van der Waals surface area contributed by atoms with Crippen LogP contribution in [-0.2, 0) is 14.3 Å². The molecule has 0 saturated carbocycles. The molecule has 2 heterocycles. The van der Waals surface area contributed by atoms with Crippen LogP contribution in [0, 0.1) is 5.92 Å². The van der Waals surface area contributed by atoms with Crippen molar-refractivity contribution in [3.63, 3.8) is 0 Å². The van der Waals surface area contributed by atoms with Crippen molar-refractivity contribution in [3.05, 3.63) is 42.0 Å². The average molecular weight is 527 g/mol. The Morgan fingerprint density at radius 1 is 0.921 bits per heavy atom. The number of ether oxygens (including phenoxy) is 5. The highest BCUT2D eigenvalue weighted by atomic mass is 16.5. The predicted octanol–water partition coefficient (Wildman–Crippen LogP) is 2.25.